The Kier molecular flexibility index (Phi) is 9.03. The summed E-state index contributed by atoms with van der Waals surface area (Å²) in [5, 5.41) is 7.10. The number of para-hydroxylation sites is 1. The SMILES string of the molecule is CCNC(=NCCCN1CCN(c2ccccc2F)CC1)NC1C2CCOC2C1(C)C.I. The minimum absolute atomic E-state index is 0. The molecule has 0 radical (unpaired) electrons. The Morgan fingerprint density at radius 3 is 2.69 bits per heavy atom. The van der Waals surface area contributed by atoms with Gasteiger partial charge in [-0.2, -0.15) is 0 Å². The van der Waals surface area contributed by atoms with Gasteiger partial charge >= 0.3 is 0 Å². The lowest BCUT2D eigenvalue weighted by Gasteiger charge is -2.54. The monoisotopic (exact) mass is 559 g/mol. The Bertz CT molecular complexity index is 769. The molecule has 0 spiro atoms. The average molecular weight is 560 g/mol. The van der Waals surface area contributed by atoms with Crippen molar-refractivity contribution in [3.05, 3.63) is 30.1 Å². The number of nitrogens with one attached hydrogen (secondary N) is 2. The van der Waals surface area contributed by atoms with Gasteiger partial charge in [0.05, 0.1) is 11.8 Å². The van der Waals surface area contributed by atoms with Gasteiger partial charge in [-0.25, -0.2) is 4.39 Å². The molecule has 3 unspecified atom stereocenters. The number of ether oxygens (including phenoxy) is 1. The van der Waals surface area contributed by atoms with Gasteiger partial charge in [-0.3, -0.25) is 9.89 Å². The van der Waals surface area contributed by atoms with Gasteiger partial charge in [0.1, 0.15) is 5.82 Å². The Balaban J connectivity index is 0.00000289. The van der Waals surface area contributed by atoms with Gasteiger partial charge in [-0.1, -0.05) is 26.0 Å². The second kappa shape index (κ2) is 11.3. The van der Waals surface area contributed by atoms with Crippen LogP contribution < -0.4 is 15.5 Å². The fraction of sp³-hybridized carbons (Fsp3) is 0.708. The summed E-state index contributed by atoms with van der Waals surface area (Å²) in [6.07, 6.45) is 2.56. The van der Waals surface area contributed by atoms with Gasteiger partial charge in [0.2, 0.25) is 0 Å². The average Bonchev–Trinajstić information content (AvgIpc) is 3.23. The van der Waals surface area contributed by atoms with Crippen LogP contribution in [0.4, 0.5) is 10.1 Å². The smallest absolute Gasteiger partial charge is 0.191 e. The predicted octanol–water partition coefficient (Wildman–Crippen LogP) is 3.32. The van der Waals surface area contributed by atoms with Crippen LogP contribution in [0, 0.1) is 17.2 Å². The minimum atomic E-state index is -0.126. The third-order valence-electron chi connectivity index (χ3n) is 7.20. The van der Waals surface area contributed by atoms with Crippen molar-refractivity contribution in [1.82, 2.24) is 15.5 Å². The van der Waals surface area contributed by atoms with Crippen LogP contribution in [0.1, 0.15) is 33.6 Å². The number of hydrogen-bond acceptors (Lipinski definition) is 4. The molecule has 3 aliphatic rings. The summed E-state index contributed by atoms with van der Waals surface area (Å²) in [5.74, 6) is 1.40. The molecule has 0 amide bonds. The maximum Gasteiger partial charge on any atom is 0.191 e. The molecule has 0 aromatic heterocycles. The molecule has 3 fully saturated rings. The summed E-state index contributed by atoms with van der Waals surface area (Å²) in [6.45, 7) is 14.0. The molecule has 8 heteroatoms. The molecule has 32 heavy (non-hydrogen) atoms. The van der Waals surface area contributed by atoms with Crippen molar-refractivity contribution in [2.75, 3.05) is 57.3 Å². The first-order chi connectivity index (χ1) is 15.0. The Hall–Kier alpha value is -1.13. The number of nitrogens with zero attached hydrogens (tertiary/aromatic N) is 3. The molecule has 180 valence electrons. The van der Waals surface area contributed by atoms with E-state index in [1.807, 2.05) is 12.1 Å². The van der Waals surface area contributed by atoms with Crippen molar-refractivity contribution in [2.24, 2.45) is 16.3 Å². The molecule has 1 aromatic rings. The standard InChI is InChI=1S/C24H38FN5O.HI/c1-4-26-23(28-21-18-10-17-31-22(18)24(21,2)3)27-11-7-12-29-13-15-30(16-14-29)20-9-6-5-8-19(20)25;/h5-6,8-9,18,21-22H,4,7,10-17H2,1-3H3,(H2,26,27,28);1H. The number of piperazine rings is 1. The second-order valence-corrected chi connectivity index (χ2v) is 9.58. The summed E-state index contributed by atoms with van der Waals surface area (Å²) in [5.41, 5.74) is 0.872. The van der Waals surface area contributed by atoms with Crippen molar-refractivity contribution in [1.29, 1.82) is 0 Å². The number of hydrogen-bond donors (Lipinski definition) is 2. The van der Waals surface area contributed by atoms with Crippen molar-refractivity contribution in [3.63, 3.8) is 0 Å². The largest absolute Gasteiger partial charge is 0.377 e. The number of halogens is 2. The zero-order valence-corrected chi connectivity index (χ0v) is 22.0. The molecule has 2 heterocycles. The summed E-state index contributed by atoms with van der Waals surface area (Å²) >= 11 is 0. The lowest BCUT2D eigenvalue weighted by molar-refractivity contribution is -0.106. The van der Waals surface area contributed by atoms with Crippen LogP contribution in [0.15, 0.2) is 29.3 Å². The molecule has 2 saturated heterocycles. The molecule has 2 aliphatic heterocycles. The van der Waals surface area contributed by atoms with E-state index < -0.39 is 0 Å². The van der Waals surface area contributed by atoms with Gasteiger partial charge in [0.15, 0.2) is 5.96 Å². The first kappa shape index (κ1) is 25.5. The number of benzene rings is 1. The Morgan fingerprint density at radius 2 is 1.97 bits per heavy atom. The summed E-state index contributed by atoms with van der Waals surface area (Å²) in [4.78, 5) is 9.45. The van der Waals surface area contributed by atoms with Crippen molar-refractivity contribution in [2.45, 2.75) is 45.8 Å². The van der Waals surface area contributed by atoms with Gasteiger partial charge < -0.3 is 20.3 Å². The van der Waals surface area contributed by atoms with Crippen molar-refractivity contribution >= 4 is 35.6 Å². The first-order valence-corrected chi connectivity index (χ1v) is 11.9. The van der Waals surface area contributed by atoms with Crippen LogP contribution in [-0.2, 0) is 4.74 Å². The molecule has 3 atom stereocenters. The maximum absolute atomic E-state index is 14.0. The third-order valence-corrected chi connectivity index (χ3v) is 7.20. The van der Waals surface area contributed by atoms with Crippen LogP contribution in [0.25, 0.3) is 0 Å². The number of guanidine groups is 1. The highest BCUT2D eigenvalue weighted by Crippen LogP contribution is 2.52. The van der Waals surface area contributed by atoms with Gasteiger partial charge in [-0.15, -0.1) is 24.0 Å². The Labute approximate surface area is 209 Å². The van der Waals surface area contributed by atoms with Crippen LogP contribution in [-0.4, -0.2) is 75.4 Å². The highest BCUT2D eigenvalue weighted by Gasteiger charge is 2.59. The third kappa shape index (κ3) is 5.50. The van der Waals surface area contributed by atoms with Crippen LogP contribution in [0.5, 0.6) is 0 Å². The lowest BCUT2D eigenvalue weighted by atomic mass is 9.57. The van der Waals surface area contributed by atoms with Crippen LogP contribution in [0.2, 0.25) is 0 Å². The molecular weight excluding hydrogens is 520 g/mol. The van der Waals surface area contributed by atoms with Gasteiger partial charge in [-0.05, 0) is 31.9 Å². The highest BCUT2D eigenvalue weighted by molar-refractivity contribution is 14.0. The van der Waals surface area contributed by atoms with Crippen molar-refractivity contribution in [3.8, 4) is 0 Å². The number of aliphatic imine (C=N–C) groups is 1. The van der Waals surface area contributed by atoms with E-state index in [4.69, 9.17) is 9.73 Å². The molecule has 6 nitrogen and oxygen atoms in total. The molecular formula is C24H39FIN5O. The van der Waals surface area contributed by atoms with E-state index in [2.05, 4.69) is 41.2 Å². The summed E-state index contributed by atoms with van der Waals surface area (Å²) < 4.78 is 19.9. The fourth-order valence-electron chi connectivity index (χ4n) is 5.49. The van der Waals surface area contributed by atoms with Gasteiger partial charge in [0, 0.05) is 69.8 Å². The van der Waals surface area contributed by atoms with Crippen LogP contribution >= 0.6 is 24.0 Å². The zero-order chi connectivity index (χ0) is 21.8. The van der Waals surface area contributed by atoms with E-state index in [0.717, 1.165) is 76.9 Å². The van der Waals surface area contributed by atoms with Gasteiger partial charge in [0.25, 0.3) is 0 Å². The Morgan fingerprint density at radius 1 is 1.22 bits per heavy atom. The lowest BCUT2D eigenvalue weighted by Crippen LogP contribution is -2.68. The van der Waals surface area contributed by atoms with Crippen molar-refractivity contribution < 1.29 is 9.13 Å². The minimum Gasteiger partial charge on any atom is -0.377 e. The molecule has 2 N–H and O–H groups in total. The topological polar surface area (TPSA) is 52.1 Å². The molecule has 1 aliphatic carbocycles. The predicted molar refractivity (Wildman–Crippen MR) is 140 cm³/mol. The van der Waals surface area contributed by atoms with E-state index >= 15 is 0 Å². The molecule has 1 saturated carbocycles. The fourth-order valence-corrected chi connectivity index (χ4v) is 5.49. The summed E-state index contributed by atoms with van der Waals surface area (Å²) in [6, 6.07) is 7.49. The highest BCUT2D eigenvalue weighted by atomic mass is 127. The zero-order valence-electron chi connectivity index (χ0n) is 19.6. The summed E-state index contributed by atoms with van der Waals surface area (Å²) in [7, 11) is 0. The molecule has 1 aromatic carbocycles. The van der Waals surface area contributed by atoms with E-state index in [-0.39, 0.29) is 35.2 Å². The normalized spacial score (nSPS) is 27.3. The van der Waals surface area contributed by atoms with E-state index in [1.165, 1.54) is 0 Å². The number of anilines is 1. The van der Waals surface area contributed by atoms with E-state index in [1.54, 1.807) is 12.1 Å². The first-order valence-electron chi connectivity index (χ1n) is 11.9. The quantitative estimate of drug-likeness (QED) is 0.233. The van der Waals surface area contributed by atoms with E-state index in [0.29, 0.717) is 18.1 Å². The number of fused-ring (bicyclic) bond motifs is 1. The second-order valence-electron chi connectivity index (χ2n) is 9.58. The van der Waals surface area contributed by atoms with E-state index in [9.17, 15) is 4.39 Å². The molecule has 4 rings (SSSR count). The maximum atomic E-state index is 14.0. The molecule has 0 bridgehead atoms. The van der Waals surface area contributed by atoms with Crippen LogP contribution in [0.3, 0.4) is 0 Å². The number of rotatable bonds is 7.